The van der Waals surface area contributed by atoms with Crippen molar-refractivity contribution >= 4 is 38.6 Å². The Labute approximate surface area is 272 Å². The summed E-state index contributed by atoms with van der Waals surface area (Å²) in [5.74, 6) is 1.63. The minimum Gasteiger partial charge on any atom is -0.461 e. The Morgan fingerprint density at radius 2 is 1.06 bits per heavy atom. The van der Waals surface area contributed by atoms with E-state index in [0.717, 1.165) is 28.3 Å². The van der Waals surface area contributed by atoms with Gasteiger partial charge in [-0.15, -0.1) is 0 Å². The molecule has 1 aliphatic heterocycles. The summed E-state index contributed by atoms with van der Waals surface area (Å²) in [7, 11) is 0. The van der Waals surface area contributed by atoms with Crippen LogP contribution in [0.1, 0.15) is 47.2 Å². The summed E-state index contributed by atoms with van der Waals surface area (Å²) in [6.45, 7) is 4.73. The van der Waals surface area contributed by atoms with Crippen LogP contribution in [0.4, 0.5) is 17.1 Å². The lowest BCUT2D eigenvalue weighted by Crippen LogP contribution is -2.36. The fourth-order valence-electron chi connectivity index (χ4n) is 9.24. The summed E-state index contributed by atoms with van der Waals surface area (Å²) in [5, 5.41) is 4.91. The first-order valence-electron chi connectivity index (χ1n) is 16.3. The second-order valence-corrected chi connectivity index (χ2v) is 13.7. The quantitative estimate of drug-likeness (QED) is 0.175. The molecule has 0 radical (unpaired) electrons. The second-order valence-electron chi connectivity index (χ2n) is 13.7. The molecular weight excluding hydrogens is 574 g/mol. The Morgan fingerprint density at radius 3 is 1.77 bits per heavy atom. The molecule has 3 heterocycles. The number of fused-ring (bicyclic) bond motifs is 14. The van der Waals surface area contributed by atoms with Crippen molar-refractivity contribution < 1.29 is 8.83 Å². The standard InChI is InChI=1S/C44H29NO2/c1-43(2)32-16-8-7-15-30(32)31-24-37-39(25-36(31)43)45(40-28-13-5-3-11-26(28)23-27-12-4-6-14-29(27)40)38-18-10-9-17-33(38)44(37)34-19-21-46-41(34)42-35(44)20-22-47-42/h3-25H,1-2H3. The summed E-state index contributed by atoms with van der Waals surface area (Å²) in [6.07, 6.45) is 3.63. The van der Waals surface area contributed by atoms with Gasteiger partial charge in [-0.25, -0.2) is 0 Å². The van der Waals surface area contributed by atoms with Crippen molar-refractivity contribution in [2.24, 2.45) is 0 Å². The van der Waals surface area contributed by atoms with Gasteiger partial charge in [0.15, 0.2) is 11.5 Å². The molecule has 0 saturated heterocycles. The third-order valence-electron chi connectivity index (χ3n) is 11.2. The smallest absolute Gasteiger partial charge is 0.174 e. The maximum absolute atomic E-state index is 6.22. The Bertz CT molecular complexity index is 2540. The number of hydrogen-bond donors (Lipinski definition) is 0. The van der Waals surface area contributed by atoms with Gasteiger partial charge in [0.1, 0.15) is 0 Å². The zero-order valence-electron chi connectivity index (χ0n) is 26.0. The molecule has 1 spiro atoms. The molecule has 222 valence electrons. The summed E-state index contributed by atoms with van der Waals surface area (Å²) in [4.78, 5) is 2.55. The minimum atomic E-state index is -0.607. The lowest BCUT2D eigenvalue weighted by Gasteiger charge is -2.45. The lowest BCUT2D eigenvalue weighted by molar-refractivity contribution is 0.525. The van der Waals surface area contributed by atoms with Crippen molar-refractivity contribution in [3.63, 3.8) is 0 Å². The van der Waals surface area contributed by atoms with Gasteiger partial charge in [0.25, 0.3) is 0 Å². The molecule has 0 bridgehead atoms. The van der Waals surface area contributed by atoms with Gasteiger partial charge in [-0.1, -0.05) is 105 Å². The van der Waals surface area contributed by atoms with Gasteiger partial charge in [-0.05, 0) is 80.6 Å². The Hall–Kier alpha value is -5.80. The number of rotatable bonds is 1. The molecule has 0 saturated carbocycles. The molecule has 0 atom stereocenters. The van der Waals surface area contributed by atoms with Crippen molar-refractivity contribution in [1.82, 2.24) is 0 Å². The molecule has 2 aromatic heterocycles. The summed E-state index contributed by atoms with van der Waals surface area (Å²) in [5.41, 5.74) is 12.8. The Kier molecular flexibility index (Phi) is 4.60. The largest absolute Gasteiger partial charge is 0.461 e. The van der Waals surface area contributed by atoms with E-state index in [1.54, 1.807) is 0 Å². The SMILES string of the molecule is CC1(C)c2ccccc2-c2cc3c(cc21)N(c1c2ccccc2cc2ccccc12)c1ccccc1C31c2ccoc2-c2occc21. The van der Waals surface area contributed by atoms with E-state index in [2.05, 4.69) is 146 Å². The number of furan rings is 2. The maximum Gasteiger partial charge on any atom is 0.174 e. The molecule has 2 aliphatic carbocycles. The summed E-state index contributed by atoms with van der Waals surface area (Å²) >= 11 is 0. The number of hydrogen-bond acceptors (Lipinski definition) is 3. The van der Waals surface area contributed by atoms with E-state index in [9.17, 15) is 0 Å². The van der Waals surface area contributed by atoms with Crippen LogP contribution in [0.2, 0.25) is 0 Å². The van der Waals surface area contributed by atoms with Gasteiger partial charge in [-0.3, -0.25) is 0 Å². The van der Waals surface area contributed by atoms with E-state index >= 15 is 0 Å². The van der Waals surface area contributed by atoms with Gasteiger partial charge < -0.3 is 13.7 Å². The van der Waals surface area contributed by atoms with Crippen LogP contribution in [0, 0.1) is 0 Å². The highest BCUT2D eigenvalue weighted by atomic mass is 16.4. The topological polar surface area (TPSA) is 29.5 Å². The van der Waals surface area contributed by atoms with Crippen molar-refractivity contribution in [2.75, 3.05) is 4.90 Å². The zero-order valence-corrected chi connectivity index (χ0v) is 26.0. The number of benzene rings is 6. The molecule has 0 fully saturated rings. The van der Waals surface area contributed by atoms with E-state index in [1.165, 1.54) is 66.3 Å². The lowest BCUT2D eigenvalue weighted by atomic mass is 9.64. The van der Waals surface area contributed by atoms with E-state index in [1.807, 2.05) is 12.5 Å². The van der Waals surface area contributed by atoms with Crippen LogP contribution in [0.15, 0.2) is 149 Å². The van der Waals surface area contributed by atoms with Crippen LogP contribution in [0.3, 0.4) is 0 Å². The van der Waals surface area contributed by atoms with Crippen LogP contribution in [-0.2, 0) is 10.8 Å². The molecule has 8 aromatic rings. The predicted octanol–water partition coefficient (Wildman–Crippen LogP) is 11.6. The van der Waals surface area contributed by atoms with Gasteiger partial charge in [-0.2, -0.15) is 0 Å². The Balaban J connectivity index is 1.36. The summed E-state index contributed by atoms with van der Waals surface area (Å²) in [6, 6.07) is 47.1. The van der Waals surface area contributed by atoms with Crippen LogP contribution in [-0.4, -0.2) is 0 Å². The van der Waals surface area contributed by atoms with Gasteiger partial charge >= 0.3 is 0 Å². The summed E-state index contributed by atoms with van der Waals surface area (Å²) < 4.78 is 12.4. The van der Waals surface area contributed by atoms with E-state index in [-0.39, 0.29) is 5.41 Å². The van der Waals surface area contributed by atoms with Crippen LogP contribution >= 0.6 is 0 Å². The molecule has 47 heavy (non-hydrogen) atoms. The molecular formula is C44H29NO2. The molecule has 0 amide bonds. The molecule has 3 aliphatic rings. The Morgan fingerprint density at radius 1 is 0.468 bits per heavy atom. The molecule has 0 N–H and O–H groups in total. The normalized spacial score (nSPS) is 15.7. The first-order chi connectivity index (χ1) is 23.1. The van der Waals surface area contributed by atoms with Crippen LogP contribution in [0.25, 0.3) is 44.2 Å². The van der Waals surface area contributed by atoms with Crippen LogP contribution in [0.5, 0.6) is 0 Å². The van der Waals surface area contributed by atoms with Crippen molar-refractivity contribution in [3.8, 4) is 22.6 Å². The highest BCUT2D eigenvalue weighted by Gasteiger charge is 2.55. The van der Waals surface area contributed by atoms with E-state index in [0.29, 0.717) is 0 Å². The zero-order chi connectivity index (χ0) is 31.1. The molecule has 0 unspecified atom stereocenters. The fourth-order valence-corrected chi connectivity index (χ4v) is 9.24. The molecule has 3 nitrogen and oxygen atoms in total. The van der Waals surface area contributed by atoms with Gasteiger partial charge in [0, 0.05) is 27.3 Å². The van der Waals surface area contributed by atoms with Gasteiger partial charge in [0.2, 0.25) is 0 Å². The fraction of sp³-hybridized carbons (Fsp3) is 0.0909. The highest BCUT2D eigenvalue weighted by molar-refractivity contribution is 6.15. The van der Waals surface area contributed by atoms with Crippen LogP contribution < -0.4 is 4.90 Å². The molecule has 6 aromatic carbocycles. The minimum absolute atomic E-state index is 0.158. The maximum atomic E-state index is 6.22. The number of nitrogens with zero attached hydrogens (tertiary/aromatic N) is 1. The molecule has 11 rings (SSSR count). The first-order valence-corrected chi connectivity index (χ1v) is 16.3. The van der Waals surface area contributed by atoms with Crippen molar-refractivity contribution in [1.29, 1.82) is 0 Å². The van der Waals surface area contributed by atoms with E-state index in [4.69, 9.17) is 8.83 Å². The van der Waals surface area contributed by atoms with E-state index < -0.39 is 5.41 Å². The number of para-hydroxylation sites is 1. The number of anilines is 3. The predicted molar refractivity (Wildman–Crippen MR) is 189 cm³/mol. The third-order valence-corrected chi connectivity index (χ3v) is 11.2. The molecule has 3 heteroatoms. The van der Waals surface area contributed by atoms with Gasteiger partial charge in [0.05, 0.1) is 35.0 Å². The average Bonchev–Trinajstić information content (AvgIpc) is 3.87. The average molecular weight is 604 g/mol. The third kappa shape index (κ3) is 2.90. The van der Waals surface area contributed by atoms with Crippen molar-refractivity contribution in [2.45, 2.75) is 24.7 Å². The second kappa shape index (κ2) is 8.51. The highest BCUT2D eigenvalue weighted by Crippen LogP contribution is 2.66. The first kappa shape index (κ1) is 25.4. The monoisotopic (exact) mass is 603 g/mol. The van der Waals surface area contributed by atoms with Crippen molar-refractivity contribution in [3.05, 3.63) is 173 Å².